The van der Waals surface area contributed by atoms with E-state index in [1.807, 2.05) is 0 Å². The Balaban J connectivity index is 2.83. The lowest BCUT2D eigenvalue weighted by Gasteiger charge is -2.01. The molecule has 0 aliphatic carbocycles. The predicted molar refractivity (Wildman–Crippen MR) is 61.1 cm³/mol. The van der Waals surface area contributed by atoms with Gasteiger partial charge in [0, 0.05) is 13.5 Å². The molecule has 1 aromatic rings. The second-order valence-corrected chi connectivity index (χ2v) is 3.38. The Morgan fingerprint density at radius 1 is 1.47 bits per heavy atom. The Bertz CT molecular complexity index is 469. The Morgan fingerprint density at radius 2 is 2.18 bits per heavy atom. The van der Waals surface area contributed by atoms with E-state index in [0.717, 1.165) is 6.07 Å². The van der Waals surface area contributed by atoms with Crippen LogP contribution in [-0.2, 0) is 4.79 Å². The molecule has 17 heavy (non-hydrogen) atoms. The summed E-state index contributed by atoms with van der Waals surface area (Å²) < 4.78 is 12.9. The lowest BCUT2D eigenvalue weighted by molar-refractivity contribution is -0.118. The molecule has 0 aliphatic rings. The Hall–Kier alpha value is -2.17. The van der Waals surface area contributed by atoms with Crippen LogP contribution in [0.2, 0.25) is 0 Å². The maximum Gasteiger partial charge on any atom is 0.336 e. The maximum absolute atomic E-state index is 12.9. The number of nitrogens with one attached hydrogen (secondary N) is 1. The lowest BCUT2D eigenvalue weighted by atomic mass is 10.1. The largest absolute Gasteiger partial charge is 0.478 e. The normalized spacial score (nSPS) is 10.5. The molecule has 5 heteroatoms. The molecule has 0 spiro atoms. The van der Waals surface area contributed by atoms with Crippen LogP contribution in [0.3, 0.4) is 0 Å². The van der Waals surface area contributed by atoms with E-state index in [-0.39, 0.29) is 11.5 Å². The molecule has 0 fully saturated rings. The van der Waals surface area contributed by atoms with Gasteiger partial charge in [0.15, 0.2) is 0 Å². The molecule has 2 N–H and O–H groups in total. The summed E-state index contributed by atoms with van der Waals surface area (Å²) in [6.45, 7) is 1.68. The van der Waals surface area contributed by atoms with Gasteiger partial charge >= 0.3 is 5.97 Å². The first-order chi connectivity index (χ1) is 8.00. The average Bonchev–Trinajstić information content (AvgIpc) is 2.25. The van der Waals surface area contributed by atoms with Crippen LogP contribution >= 0.6 is 0 Å². The van der Waals surface area contributed by atoms with E-state index in [1.165, 1.54) is 25.1 Å². The molecular formula is C12H12FNO3. The van der Waals surface area contributed by atoms with Crippen LogP contribution in [0.5, 0.6) is 0 Å². The number of rotatable bonds is 4. The smallest absolute Gasteiger partial charge is 0.336 e. The molecule has 0 unspecified atom stereocenters. The van der Waals surface area contributed by atoms with Crippen molar-refractivity contribution < 1.29 is 19.1 Å². The Kier molecular flexibility index (Phi) is 4.39. The van der Waals surface area contributed by atoms with Gasteiger partial charge in [0.05, 0.1) is 5.56 Å². The number of halogens is 1. The van der Waals surface area contributed by atoms with Gasteiger partial charge in [-0.25, -0.2) is 9.18 Å². The standard InChI is InChI=1S/C12H12FNO3/c1-8(15)14-6-2-3-9-4-5-10(13)7-11(9)12(16)17/h2-5,7H,6H2,1H3,(H,14,15)(H,16,17). The van der Waals surface area contributed by atoms with E-state index in [4.69, 9.17) is 5.11 Å². The molecule has 0 bridgehead atoms. The number of carbonyl (C=O) groups excluding carboxylic acids is 1. The minimum absolute atomic E-state index is 0.107. The van der Waals surface area contributed by atoms with Crippen molar-refractivity contribution in [1.82, 2.24) is 5.32 Å². The van der Waals surface area contributed by atoms with Crippen LogP contribution in [0.15, 0.2) is 24.3 Å². The van der Waals surface area contributed by atoms with Crippen LogP contribution in [-0.4, -0.2) is 23.5 Å². The molecule has 1 amide bonds. The summed E-state index contributed by atoms with van der Waals surface area (Å²) in [4.78, 5) is 21.4. The number of hydrogen-bond donors (Lipinski definition) is 2. The molecule has 4 nitrogen and oxygen atoms in total. The fourth-order valence-electron chi connectivity index (χ4n) is 1.25. The molecule has 0 heterocycles. The number of carbonyl (C=O) groups is 2. The summed E-state index contributed by atoms with van der Waals surface area (Å²) in [6, 6.07) is 3.52. The van der Waals surface area contributed by atoms with E-state index in [9.17, 15) is 14.0 Å². The molecule has 0 aliphatic heterocycles. The number of hydrogen-bond acceptors (Lipinski definition) is 2. The van der Waals surface area contributed by atoms with Gasteiger partial charge in [0.2, 0.25) is 5.91 Å². The summed E-state index contributed by atoms with van der Waals surface area (Å²) in [5.74, 6) is -1.96. The number of benzene rings is 1. The molecule has 0 atom stereocenters. The second-order valence-electron chi connectivity index (χ2n) is 3.38. The summed E-state index contributed by atoms with van der Waals surface area (Å²) in [5.41, 5.74) is 0.285. The predicted octanol–water partition coefficient (Wildman–Crippen LogP) is 1.67. The van der Waals surface area contributed by atoms with Crippen molar-refractivity contribution in [3.63, 3.8) is 0 Å². The van der Waals surface area contributed by atoms with Crippen molar-refractivity contribution in [2.24, 2.45) is 0 Å². The topological polar surface area (TPSA) is 66.4 Å². The second kappa shape index (κ2) is 5.79. The van der Waals surface area contributed by atoms with Crippen LogP contribution in [0, 0.1) is 5.82 Å². The zero-order valence-corrected chi connectivity index (χ0v) is 9.24. The van der Waals surface area contributed by atoms with Crippen molar-refractivity contribution >= 4 is 18.0 Å². The first kappa shape index (κ1) is 12.9. The van der Waals surface area contributed by atoms with E-state index in [0.29, 0.717) is 12.1 Å². The number of aromatic carboxylic acids is 1. The molecule has 0 aromatic heterocycles. The van der Waals surface area contributed by atoms with E-state index in [1.54, 1.807) is 6.08 Å². The summed E-state index contributed by atoms with van der Waals surface area (Å²) >= 11 is 0. The number of carboxylic acids is 1. The van der Waals surface area contributed by atoms with Gasteiger partial charge in [-0.05, 0) is 17.7 Å². The molecule has 1 aromatic carbocycles. The lowest BCUT2D eigenvalue weighted by Crippen LogP contribution is -2.19. The van der Waals surface area contributed by atoms with Crippen molar-refractivity contribution in [3.05, 3.63) is 41.2 Å². The summed E-state index contributed by atoms with van der Waals surface area (Å²) in [6.07, 6.45) is 3.12. The highest BCUT2D eigenvalue weighted by atomic mass is 19.1. The molecule has 0 radical (unpaired) electrons. The van der Waals surface area contributed by atoms with E-state index in [2.05, 4.69) is 5.32 Å². The van der Waals surface area contributed by atoms with E-state index < -0.39 is 11.8 Å². The number of amides is 1. The Morgan fingerprint density at radius 3 is 2.76 bits per heavy atom. The van der Waals surface area contributed by atoms with Crippen molar-refractivity contribution in [1.29, 1.82) is 0 Å². The minimum atomic E-state index is -1.19. The van der Waals surface area contributed by atoms with Gasteiger partial charge in [-0.3, -0.25) is 4.79 Å². The SMILES string of the molecule is CC(=O)NCC=Cc1ccc(F)cc1C(=O)O. The highest BCUT2D eigenvalue weighted by Crippen LogP contribution is 2.13. The third-order valence-electron chi connectivity index (χ3n) is 2.01. The van der Waals surface area contributed by atoms with Gasteiger partial charge < -0.3 is 10.4 Å². The number of carboxylic acid groups (broad SMARTS) is 1. The van der Waals surface area contributed by atoms with Gasteiger partial charge in [0.25, 0.3) is 0 Å². The van der Waals surface area contributed by atoms with Gasteiger partial charge in [0.1, 0.15) is 5.82 Å². The van der Waals surface area contributed by atoms with Crippen LogP contribution in [0.1, 0.15) is 22.8 Å². The molecule has 0 saturated carbocycles. The monoisotopic (exact) mass is 237 g/mol. The van der Waals surface area contributed by atoms with Crippen LogP contribution < -0.4 is 5.32 Å². The summed E-state index contributed by atoms with van der Waals surface area (Å²) in [7, 11) is 0. The molecular weight excluding hydrogens is 225 g/mol. The van der Waals surface area contributed by atoms with E-state index >= 15 is 0 Å². The zero-order chi connectivity index (χ0) is 12.8. The highest BCUT2D eigenvalue weighted by molar-refractivity contribution is 5.92. The fourth-order valence-corrected chi connectivity index (χ4v) is 1.25. The summed E-state index contributed by atoms with van der Waals surface area (Å²) in [5, 5.41) is 11.4. The van der Waals surface area contributed by atoms with Gasteiger partial charge in [-0.2, -0.15) is 0 Å². The highest BCUT2D eigenvalue weighted by Gasteiger charge is 2.08. The van der Waals surface area contributed by atoms with Crippen LogP contribution in [0.4, 0.5) is 4.39 Å². The zero-order valence-electron chi connectivity index (χ0n) is 9.24. The van der Waals surface area contributed by atoms with Crippen molar-refractivity contribution in [3.8, 4) is 0 Å². The first-order valence-electron chi connectivity index (χ1n) is 4.94. The molecule has 90 valence electrons. The third-order valence-corrected chi connectivity index (χ3v) is 2.01. The quantitative estimate of drug-likeness (QED) is 0.837. The minimum Gasteiger partial charge on any atom is -0.478 e. The van der Waals surface area contributed by atoms with Gasteiger partial charge in [-0.15, -0.1) is 0 Å². The average molecular weight is 237 g/mol. The van der Waals surface area contributed by atoms with Crippen LogP contribution in [0.25, 0.3) is 6.08 Å². The molecule has 1 rings (SSSR count). The fraction of sp³-hybridized carbons (Fsp3) is 0.167. The van der Waals surface area contributed by atoms with Crippen molar-refractivity contribution in [2.75, 3.05) is 6.54 Å². The van der Waals surface area contributed by atoms with Gasteiger partial charge in [-0.1, -0.05) is 18.2 Å². The third kappa shape index (κ3) is 4.06. The van der Waals surface area contributed by atoms with Crippen molar-refractivity contribution in [2.45, 2.75) is 6.92 Å². The Labute approximate surface area is 97.8 Å². The maximum atomic E-state index is 12.9. The molecule has 0 saturated heterocycles. The first-order valence-corrected chi connectivity index (χ1v) is 4.94.